The topological polar surface area (TPSA) is 46.2 Å². The first-order chi connectivity index (χ1) is 14.1. The monoisotopic (exact) mass is 404 g/mol. The normalized spacial score (nSPS) is 26.2. The molecule has 0 saturated carbocycles. The van der Waals surface area contributed by atoms with Crippen molar-refractivity contribution in [3.8, 4) is 5.75 Å². The second kappa shape index (κ2) is 11.1. The van der Waals surface area contributed by atoms with Crippen molar-refractivity contribution in [3.63, 3.8) is 0 Å². The predicted octanol–water partition coefficient (Wildman–Crippen LogP) is 4.84. The second-order valence-corrected chi connectivity index (χ2v) is 8.12. The molecule has 0 radical (unpaired) electrons. The third kappa shape index (κ3) is 6.54. The Morgan fingerprint density at radius 2 is 1.93 bits per heavy atom. The molecule has 2 saturated heterocycles. The molecule has 3 atom stereocenters. The maximum Gasteiger partial charge on any atom is 0.198 e. The summed E-state index contributed by atoms with van der Waals surface area (Å²) in [4.78, 5) is 0. The van der Waals surface area contributed by atoms with Crippen LogP contribution < -0.4 is 4.74 Å². The summed E-state index contributed by atoms with van der Waals surface area (Å²) in [6, 6.07) is 7.96. The van der Waals surface area contributed by atoms with Crippen molar-refractivity contribution in [2.45, 2.75) is 63.9 Å². The Hall–Kier alpha value is -1.40. The van der Waals surface area contributed by atoms with Crippen LogP contribution in [0.1, 0.15) is 51.5 Å². The van der Waals surface area contributed by atoms with Crippen molar-refractivity contribution in [2.75, 3.05) is 33.5 Å². The Labute approximate surface area is 175 Å². The molecule has 2 fully saturated rings. The van der Waals surface area contributed by atoms with Gasteiger partial charge in [0.2, 0.25) is 0 Å². The van der Waals surface area contributed by atoms with Gasteiger partial charge >= 0.3 is 0 Å². The minimum Gasteiger partial charge on any atom is -0.497 e. The molecule has 0 spiro atoms. The highest BCUT2D eigenvalue weighted by Crippen LogP contribution is 2.37. The van der Waals surface area contributed by atoms with E-state index in [1.165, 1.54) is 0 Å². The standard InChI is InChI=1S/C24H36O5/c1-19(9-11-22-12-10-20(2)26-14-15-27-22)6-5-13-24(28-16-17-29-24)21-7-4-8-23(18-21)25-3/h4-8,18-20,22H,9-17H2,1-3H3. The summed E-state index contributed by atoms with van der Waals surface area (Å²) in [7, 11) is 1.68. The molecule has 29 heavy (non-hydrogen) atoms. The van der Waals surface area contributed by atoms with Gasteiger partial charge in [-0.1, -0.05) is 31.2 Å². The first-order valence-corrected chi connectivity index (χ1v) is 10.9. The molecule has 162 valence electrons. The van der Waals surface area contributed by atoms with Crippen LogP contribution in [-0.2, 0) is 24.7 Å². The lowest BCUT2D eigenvalue weighted by Crippen LogP contribution is -2.26. The fourth-order valence-corrected chi connectivity index (χ4v) is 4.00. The van der Waals surface area contributed by atoms with Crippen molar-refractivity contribution in [3.05, 3.63) is 42.0 Å². The molecule has 1 aromatic carbocycles. The van der Waals surface area contributed by atoms with Gasteiger partial charge in [-0.15, -0.1) is 0 Å². The van der Waals surface area contributed by atoms with Crippen LogP contribution in [-0.4, -0.2) is 45.7 Å². The highest BCUT2D eigenvalue weighted by molar-refractivity contribution is 5.32. The summed E-state index contributed by atoms with van der Waals surface area (Å²) in [5.74, 6) is 0.600. The SMILES string of the molecule is COc1cccc(C2(CC=CC(C)CCC3CCC(C)OCCO3)OCCO2)c1. The molecule has 2 heterocycles. The van der Waals surface area contributed by atoms with E-state index in [0.29, 0.717) is 51.0 Å². The largest absolute Gasteiger partial charge is 0.497 e. The zero-order valence-corrected chi connectivity index (χ0v) is 18.1. The van der Waals surface area contributed by atoms with Crippen LogP contribution in [0.4, 0.5) is 0 Å². The zero-order valence-electron chi connectivity index (χ0n) is 18.1. The van der Waals surface area contributed by atoms with Gasteiger partial charge in [-0.25, -0.2) is 0 Å². The maximum atomic E-state index is 6.04. The first kappa shape index (κ1) is 22.3. The van der Waals surface area contributed by atoms with Gasteiger partial charge < -0.3 is 23.7 Å². The summed E-state index contributed by atoms with van der Waals surface area (Å²) in [6.45, 7) is 7.05. The lowest BCUT2D eigenvalue weighted by molar-refractivity contribution is -0.162. The van der Waals surface area contributed by atoms with Gasteiger partial charge in [0, 0.05) is 12.0 Å². The summed E-state index contributed by atoms with van der Waals surface area (Å²) in [5, 5.41) is 0. The van der Waals surface area contributed by atoms with E-state index in [0.717, 1.165) is 37.0 Å². The van der Waals surface area contributed by atoms with E-state index in [4.69, 9.17) is 23.7 Å². The van der Waals surface area contributed by atoms with Crippen LogP contribution in [0.3, 0.4) is 0 Å². The van der Waals surface area contributed by atoms with Gasteiger partial charge in [0.25, 0.3) is 0 Å². The summed E-state index contributed by atoms with van der Waals surface area (Å²) in [5.41, 5.74) is 1.01. The van der Waals surface area contributed by atoms with Gasteiger partial charge in [0.05, 0.1) is 45.7 Å². The van der Waals surface area contributed by atoms with E-state index in [1.807, 2.05) is 24.3 Å². The smallest absolute Gasteiger partial charge is 0.198 e. The van der Waals surface area contributed by atoms with Gasteiger partial charge in [-0.3, -0.25) is 0 Å². The van der Waals surface area contributed by atoms with E-state index in [1.54, 1.807) is 7.11 Å². The van der Waals surface area contributed by atoms with Crippen LogP contribution in [0.15, 0.2) is 36.4 Å². The van der Waals surface area contributed by atoms with Gasteiger partial charge in [-0.05, 0) is 50.7 Å². The van der Waals surface area contributed by atoms with Gasteiger partial charge in [0.15, 0.2) is 5.79 Å². The Balaban J connectivity index is 1.51. The van der Waals surface area contributed by atoms with Gasteiger partial charge in [0.1, 0.15) is 5.75 Å². The maximum absolute atomic E-state index is 6.04. The molecule has 2 aliphatic rings. The van der Waals surface area contributed by atoms with E-state index >= 15 is 0 Å². The number of ether oxygens (including phenoxy) is 5. The third-order valence-corrected chi connectivity index (χ3v) is 5.79. The Morgan fingerprint density at radius 1 is 1.14 bits per heavy atom. The molecule has 0 aliphatic carbocycles. The van der Waals surface area contributed by atoms with E-state index in [2.05, 4.69) is 26.0 Å². The molecule has 3 rings (SSSR count). The number of hydrogen-bond acceptors (Lipinski definition) is 5. The lowest BCUT2D eigenvalue weighted by atomic mass is 9.97. The Bertz CT molecular complexity index is 638. The number of hydrogen-bond donors (Lipinski definition) is 0. The van der Waals surface area contributed by atoms with E-state index in [-0.39, 0.29) is 0 Å². The van der Waals surface area contributed by atoms with Crippen LogP contribution in [0.5, 0.6) is 5.75 Å². The molecule has 1 aromatic rings. The summed E-state index contributed by atoms with van der Waals surface area (Å²) >= 11 is 0. The molecule has 0 aromatic heterocycles. The molecule has 5 heteroatoms. The average molecular weight is 405 g/mol. The molecule has 2 aliphatic heterocycles. The molecule has 0 N–H and O–H groups in total. The van der Waals surface area contributed by atoms with E-state index < -0.39 is 5.79 Å². The molecule has 0 amide bonds. The number of methoxy groups -OCH3 is 1. The van der Waals surface area contributed by atoms with Crippen molar-refractivity contribution in [2.24, 2.45) is 5.92 Å². The fraction of sp³-hybridized carbons (Fsp3) is 0.667. The summed E-state index contributed by atoms with van der Waals surface area (Å²) in [6.07, 6.45) is 10.2. The first-order valence-electron chi connectivity index (χ1n) is 10.9. The van der Waals surface area contributed by atoms with Crippen molar-refractivity contribution < 1.29 is 23.7 Å². The second-order valence-electron chi connectivity index (χ2n) is 8.12. The third-order valence-electron chi connectivity index (χ3n) is 5.79. The van der Waals surface area contributed by atoms with Crippen molar-refractivity contribution >= 4 is 0 Å². The van der Waals surface area contributed by atoms with Crippen molar-refractivity contribution in [1.29, 1.82) is 0 Å². The number of rotatable bonds is 8. The minimum atomic E-state index is -0.705. The molecular formula is C24H36O5. The van der Waals surface area contributed by atoms with Crippen LogP contribution in [0.25, 0.3) is 0 Å². The molecule has 0 bridgehead atoms. The highest BCUT2D eigenvalue weighted by atomic mass is 16.7. The van der Waals surface area contributed by atoms with Gasteiger partial charge in [-0.2, -0.15) is 0 Å². The van der Waals surface area contributed by atoms with Crippen LogP contribution in [0.2, 0.25) is 0 Å². The Morgan fingerprint density at radius 3 is 2.72 bits per heavy atom. The molecule has 3 unspecified atom stereocenters. The van der Waals surface area contributed by atoms with Crippen molar-refractivity contribution in [1.82, 2.24) is 0 Å². The van der Waals surface area contributed by atoms with E-state index in [9.17, 15) is 0 Å². The quantitative estimate of drug-likeness (QED) is 0.580. The van der Waals surface area contributed by atoms with Crippen LogP contribution >= 0.6 is 0 Å². The highest BCUT2D eigenvalue weighted by Gasteiger charge is 2.37. The van der Waals surface area contributed by atoms with Crippen LogP contribution in [0, 0.1) is 5.92 Å². The minimum absolute atomic E-state index is 0.345. The lowest BCUT2D eigenvalue weighted by Gasteiger charge is -2.27. The molecular weight excluding hydrogens is 368 g/mol. The zero-order chi connectivity index (χ0) is 20.5. The average Bonchev–Trinajstić information content (AvgIpc) is 3.20. The molecule has 5 nitrogen and oxygen atoms in total. The summed E-state index contributed by atoms with van der Waals surface area (Å²) < 4.78 is 29.1. The fourth-order valence-electron chi connectivity index (χ4n) is 4.00. The predicted molar refractivity (Wildman–Crippen MR) is 113 cm³/mol. The Kier molecular flexibility index (Phi) is 8.54. The number of benzene rings is 1. The number of allylic oxidation sites excluding steroid dienone is 1.